The Bertz CT molecular complexity index is 1060. The molecule has 0 aromatic heterocycles. The fourth-order valence-electron chi connectivity index (χ4n) is 8.72. The third-order valence-electron chi connectivity index (χ3n) is 13.2. The van der Waals surface area contributed by atoms with Gasteiger partial charge in [-0.3, -0.25) is 9.59 Å². The topological polar surface area (TPSA) is 95.9 Å². The van der Waals surface area contributed by atoms with Crippen LogP contribution < -0.4 is 5.32 Å². The predicted octanol–water partition coefficient (Wildman–Crippen LogP) is 17.6. The van der Waals surface area contributed by atoms with Gasteiger partial charge in [0.05, 0.1) is 25.4 Å². The van der Waals surface area contributed by atoms with Crippen LogP contribution in [0, 0.1) is 0 Å². The van der Waals surface area contributed by atoms with E-state index in [0.29, 0.717) is 19.4 Å². The molecule has 0 aromatic rings. The number of ether oxygens (including phenoxy) is 1. The standard InChI is InChI=1S/C59H111NO5/c1-3-5-7-9-11-13-15-17-19-21-22-23-24-25-27-28-30-32-35-39-43-47-51-57(62)56(55-61)60-58(63)52-48-44-40-36-34-38-42-46-50-54-65-59(64)53-49-45-41-37-33-31-29-26-20-18-16-14-12-10-8-6-4-2/h12,14,18,20,47,51,56-57,61-62H,3-11,13,15-17,19,21-46,48-50,52-55H2,1-2H3,(H,60,63)/b14-12-,20-18-,51-47+. The second-order valence-corrected chi connectivity index (χ2v) is 19.6. The highest BCUT2D eigenvalue weighted by Crippen LogP contribution is 2.17. The van der Waals surface area contributed by atoms with E-state index < -0.39 is 12.1 Å². The number of carbonyl (C=O) groups excluding carboxylic acids is 2. The Kier molecular flexibility index (Phi) is 53.1. The summed E-state index contributed by atoms with van der Waals surface area (Å²) in [5, 5.41) is 23.2. The molecule has 2 unspecified atom stereocenters. The molecule has 0 saturated carbocycles. The summed E-state index contributed by atoms with van der Waals surface area (Å²) in [4.78, 5) is 24.5. The number of hydrogen-bond donors (Lipinski definition) is 3. The van der Waals surface area contributed by atoms with Crippen molar-refractivity contribution in [3.05, 3.63) is 36.5 Å². The lowest BCUT2D eigenvalue weighted by Crippen LogP contribution is -2.45. The number of allylic oxidation sites excluding steroid dienone is 5. The molecule has 382 valence electrons. The first kappa shape index (κ1) is 63.1. The maximum atomic E-state index is 12.5. The van der Waals surface area contributed by atoms with Crippen molar-refractivity contribution in [1.82, 2.24) is 5.32 Å². The van der Waals surface area contributed by atoms with Crippen LogP contribution in [0.5, 0.6) is 0 Å². The Morgan fingerprint density at radius 2 is 0.769 bits per heavy atom. The third-order valence-corrected chi connectivity index (χ3v) is 13.2. The second-order valence-electron chi connectivity index (χ2n) is 19.6. The molecule has 0 saturated heterocycles. The highest BCUT2D eigenvalue weighted by molar-refractivity contribution is 5.76. The zero-order chi connectivity index (χ0) is 47.2. The summed E-state index contributed by atoms with van der Waals surface area (Å²) in [6, 6.07) is -0.650. The molecule has 0 aromatic carbocycles. The molecule has 2 atom stereocenters. The van der Waals surface area contributed by atoms with Gasteiger partial charge in [0, 0.05) is 12.8 Å². The van der Waals surface area contributed by atoms with E-state index in [0.717, 1.165) is 64.2 Å². The molecule has 0 fully saturated rings. The quantitative estimate of drug-likeness (QED) is 0.0321. The van der Waals surface area contributed by atoms with Crippen LogP contribution in [0.1, 0.15) is 303 Å². The zero-order valence-corrected chi connectivity index (χ0v) is 43.5. The van der Waals surface area contributed by atoms with Crippen molar-refractivity contribution in [1.29, 1.82) is 0 Å². The lowest BCUT2D eigenvalue weighted by Gasteiger charge is -2.20. The van der Waals surface area contributed by atoms with Crippen molar-refractivity contribution in [2.75, 3.05) is 13.2 Å². The van der Waals surface area contributed by atoms with Gasteiger partial charge in [0.1, 0.15) is 0 Å². The number of rotatable bonds is 53. The van der Waals surface area contributed by atoms with Gasteiger partial charge >= 0.3 is 5.97 Å². The molecular formula is C59H111NO5. The van der Waals surface area contributed by atoms with E-state index in [1.54, 1.807) is 6.08 Å². The maximum absolute atomic E-state index is 12.5. The van der Waals surface area contributed by atoms with Crippen molar-refractivity contribution < 1.29 is 24.5 Å². The van der Waals surface area contributed by atoms with Gasteiger partial charge in [0.15, 0.2) is 0 Å². The summed E-state index contributed by atoms with van der Waals surface area (Å²) in [7, 11) is 0. The Balaban J connectivity index is 3.52. The maximum Gasteiger partial charge on any atom is 0.305 e. The lowest BCUT2D eigenvalue weighted by molar-refractivity contribution is -0.143. The normalized spacial score (nSPS) is 12.9. The number of amides is 1. The third kappa shape index (κ3) is 51.3. The molecule has 0 rings (SSSR count). The minimum absolute atomic E-state index is 0.0346. The van der Waals surface area contributed by atoms with Crippen LogP contribution in [0.4, 0.5) is 0 Å². The molecule has 3 N–H and O–H groups in total. The number of esters is 1. The molecule has 0 aliphatic rings. The average Bonchev–Trinajstić information content (AvgIpc) is 3.31. The Morgan fingerprint density at radius 1 is 0.431 bits per heavy atom. The van der Waals surface area contributed by atoms with E-state index >= 15 is 0 Å². The summed E-state index contributed by atoms with van der Waals surface area (Å²) < 4.78 is 5.46. The van der Waals surface area contributed by atoms with Gasteiger partial charge in [-0.05, 0) is 64.2 Å². The van der Waals surface area contributed by atoms with Crippen LogP contribution in [-0.2, 0) is 14.3 Å². The smallest absolute Gasteiger partial charge is 0.305 e. The molecule has 6 nitrogen and oxygen atoms in total. The predicted molar refractivity (Wildman–Crippen MR) is 283 cm³/mol. The Labute approximate surface area is 404 Å². The average molecular weight is 915 g/mol. The zero-order valence-electron chi connectivity index (χ0n) is 43.5. The van der Waals surface area contributed by atoms with Crippen molar-refractivity contribution in [3.8, 4) is 0 Å². The number of nitrogens with one attached hydrogen (secondary N) is 1. The van der Waals surface area contributed by atoms with E-state index in [-0.39, 0.29) is 18.5 Å². The van der Waals surface area contributed by atoms with E-state index in [9.17, 15) is 19.8 Å². The molecule has 1 amide bonds. The lowest BCUT2D eigenvalue weighted by atomic mass is 10.0. The monoisotopic (exact) mass is 914 g/mol. The van der Waals surface area contributed by atoms with Crippen molar-refractivity contribution in [2.24, 2.45) is 0 Å². The minimum Gasteiger partial charge on any atom is -0.466 e. The molecule has 0 aliphatic heterocycles. The van der Waals surface area contributed by atoms with Crippen LogP contribution in [0.2, 0.25) is 0 Å². The van der Waals surface area contributed by atoms with E-state index in [1.807, 2.05) is 6.08 Å². The first-order valence-electron chi connectivity index (χ1n) is 28.8. The number of hydrogen-bond acceptors (Lipinski definition) is 5. The highest BCUT2D eigenvalue weighted by atomic mass is 16.5. The second kappa shape index (κ2) is 54.7. The fourth-order valence-corrected chi connectivity index (χ4v) is 8.72. The van der Waals surface area contributed by atoms with Crippen LogP contribution in [-0.4, -0.2) is 47.4 Å². The highest BCUT2D eigenvalue weighted by Gasteiger charge is 2.18. The summed E-state index contributed by atoms with van der Waals surface area (Å²) in [6.07, 6.45) is 67.3. The van der Waals surface area contributed by atoms with E-state index in [1.165, 1.54) is 212 Å². The first-order chi connectivity index (χ1) is 32.0. The summed E-state index contributed by atoms with van der Waals surface area (Å²) >= 11 is 0. The van der Waals surface area contributed by atoms with Gasteiger partial charge in [-0.15, -0.1) is 0 Å². The molecule has 0 aliphatic carbocycles. The summed E-state index contributed by atoms with van der Waals surface area (Å²) in [5.74, 6) is -0.129. The van der Waals surface area contributed by atoms with Gasteiger partial charge in [-0.2, -0.15) is 0 Å². The van der Waals surface area contributed by atoms with E-state index in [2.05, 4.69) is 43.5 Å². The number of unbranched alkanes of at least 4 members (excludes halogenated alkanes) is 38. The molecule has 0 spiro atoms. The Hall–Kier alpha value is -1.92. The van der Waals surface area contributed by atoms with E-state index in [4.69, 9.17) is 4.74 Å². The van der Waals surface area contributed by atoms with Crippen LogP contribution in [0.25, 0.3) is 0 Å². The summed E-state index contributed by atoms with van der Waals surface area (Å²) in [6.45, 7) is 4.82. The molecule has 0 radical (unpaired) electrons. The number of carbonyl (C=O) groups is 2. The Morgan fingerprint density at radius 3 is 1.20 bits per heavy atom. The van der Waals surface area contributed by atoms with Crippen molar-refractivity contribution in [3.63, 3.8) is 0 Å². The van der Waals surface area contributed by atoms with Gasteiger partial charge in [0.2, 0.25) is 5.91 Å². The van der Waals surface area contributed by atoms with Gasteiger partial charge in [-0.25, -0.2) is 0 Å². The van der Waals surface area contributed by atoms with Crippen LogP contribution >= 0.6 is 0 Å². The van der Waals surface area contributed by atoms with Gasteiger partial charge < -0.3 is 20.3 Å². The van der Waals surface area contributed by atoms with Crippen LogP contribution in [0.3, 0.4) is 0 Å². The first-order valence-corrected chi connectivity index (χ1v) is 28.8. The van der Waals surface area contributed by atoms with Crippen molar-refractivity contribution >= 4 is 11.9 Å². The minimum atomic E-state index is -0.864. The molecular weight excluding hydrogens is 803 g/mol. The molecule has 6 heteroatoms. The molecule has 65 heavy (non-hydrogen) atoms. The molecule has 0 bridgehead atoms. The fraction of sp³-hybridized carbons (Fsp3) is 0.864. The van der Waals surface area contributed by atoms with Crippen molar-refractivity contribution in [2.45, 2.75) is 315 Å². The van der Waals surface area contributed by atoms with Gasteiger partial charge in [-0.1, -0.05) is 262 Å². The SMILES string of the molecule is CCCCC/C=C\C/C=C\CCCCCCCCCC(=O)OCCCCCCCCCCCC(=O)NC(CO)C(O)/C=C/CCCCCCCCCCCCCCCCCCCCCC. The van der Waals surface area contributed by atoms with Crippen LogP contribution in [0.15, 0.2) is 36.5 Å². The number of aliphatic hydroxyl groups is 2. The summed E-state index contributed by atoms with van der Waals surface area (Å²) in [5.41, 5.74) is 0. The molecule has 0 heterocycles. The van der Waals surface area contributed by atoms with Gasteiger partial charge in [0.25, 0.3) is 0 Å². The number of aliphatic hydroxyl groups excluding tert-OH is 2. The largest absolute Gasteiger partial charge is 0.466 e.